The van der Waals surface area contributed by atoms with Gasteiger partial charge in [-0.3, -0.25) is 0 Å². The number of hydrogen-bond acceptors (Lipinski definition) is 0. The van der Waals surface area contributed by atoms with Crippen LogP contribution in [0.15, 0.2) is 24.3 Å². The maximum Gasteiger partial charge on any atom is -0.0126 e. The number of rotatable bonds is 2. The van der Waals surface area contributed by atoms with Crippen molar-refractivity contribution in [3.8, 4) is 0 Å². The van der Waals surface area contributed by atoms with Crippen LogP contribution in [0.1, 0.15) is 40.5 Å². The van der Waals surface area contributed by atoms with E-state index >= 15 is 0 Å². The summed E-state index contributed by atoms with van der Waals surface area (Å²) in [5.74, 6) is 0. The van der Waals surface area contributed by atoms with Crippen LogP contribution in [0.4, 0.5) is 0 Å². The average molecular weight is 278 g/mol. The SMILES string of the molecule is C[C@@H]1CC[C@@H](C)P1c1ccccc1P1[C@@H](C)[C@@H]1C. The minimum atomic E-state index is 0.102. The molecule has 2 heterocycles. The molecule has 0 unspecified atom stereocenters. The quantitative estimate of drug-likeness (QED) is 0.709. The van der Waals surface area contributed by atoms with Crippen molar-refractivity contribution < 1.29 is 0 Å². The molecule has 0 spiro atoms. The Balaban J connectivity index is 1.97. The maximum absolute atomic E-state index is 2.49. The van der Waals surface area contributed by atoms with Crippen molar-refractivity contribution in [2.75, 3.05) is 0 Å². The molecular formula is C16H24P2. The van der Waals surface area contributed by atoms with Gasteiger partial charge in [0.25, 0.3) is 0 Å². The van der Waals surface area contributed by atoms with Crippen LogP contribution in [-0.2, 0) is 0 Å². The van der Waals surface area contributed by atoms with E-state index in [1.165, 1.54) is 12.8 Å². The fourth-order valence-corrected chi connectivity index (χ4v) is 10.2. The normalized spacial score (nSPS) is 40.1. The molecule has 0 amide bonds. The first-order valence-electron chi connectivity index (χ1n) is 7.27. The van der Waals surface area contributed by atoms with Crippen molar-refractivity contribution in [2.45, 2.75) is 63.2 Å². The Labute approximate surface area is 114 Å². The van der Waals surface area contributed by atoms with Crippen LogP contribution in [0.3, 0.4) is 0 Å². The van der Waals surface area contributed by atoms with Crippen molar-refractivity contribution in [3.63, 3.8) is 0 Å². The Morgan fingerprint density at radius 3 is 1.67 bits per heavy atom. The van der Waals surface area contributed by atoms with Gasteiger partial charge in [0.2, 0.25) is 0 Å². The van der Waals surface area contributed by atoms with Crippen LogP contribution < -0.4 is 10.6 Å². The van der Waals surface area contributed by atoms with Gasteiger partial charge in [0.1, 0.15) is 0 Å². The zero-order valence-electron chi connectivity index (χ0n) is 11.9. The fraction of sp³-hybridized carbons (Fsp3) is 0.625. The summed E-state index contributed by atoms with van der Waals surface area (Å²) < 4.78 is 0. The molecule has 2 heteroatoms. The fourth-order valence-electron chi connectivity index (χ4n) is 3.51. The first-order valence-corrected chi connectivity index (χ1v) is 10.2. The standard InChI is InChI=1S/C16H24P2/c1-11-9-10-12(2)17(11)15-7-5-6-8-16(15)18-13(3)14(18)4/h5-8,11-14H,9-10H2,1-4H3/t11-,12-,13+,14+/m1/s1. The van der Waals surface area contributed by atoms with Gasteiger partial charge in [-0.2, -0.15) is 0 Å². The predicted molar refractivity (Wildman–Crippen MR) is 86.6 cm³/mol. The minimum absolute atomic E-state index is 0.102. The van der Waals surface area contributed by atoms with Crippen LogP contribution in [-0.4, -0.2) is 22.6 Å². The lowest BCUT2D eigenvalue weighted by molar-refractivity contribution is 0.777. The van der Waals surface area contributed by atoms with Gasteiger partial charge in [0, 0.05) is 0 Å². The van der Waals surface area contributed by atoms with Gasteiger partial charge in [-0.25, -0.2) is 0 Å². The van der Waals surface area contributed by atoms with E-state index in [4.69, 9.17) is 0 Å². The third-order valence-corrected chi connectivity index (χ3v) is 11.7. The smallest absolute Gasteiger partial charge is 0.0126 e. The van der Waals surface area contributed by atoms with Crippen LogP contribution in [0, 0.1) is 0 Å². The summed E-state index contributed by atoms with van der Waals surface area (Å²) in [6.07, 6.45) is 2.90. The largest absolute Gasteiger partial charge is 0.0688 e. The van der Waals surface area contributed by atoms with Crippen molar-refractivity contribution in [3.05, 3.63) is 24.3 Å². The van der Waals surface area contributed by atoms with E-state index in [0.29, 0.717) is 0 Å². The van der Waals surface area contributed by atoms with E-state index in [-0.39, 0.29) is 15.8 Å². The molecule has 2 aliphatic rings. The second kappa shape index (κ2) is 4.88. The Kier molecular flexibility index (Phi) is 3.55. The van der Waals surface area contributed by atoms with Gasteiger partial charge < -0.3 is 0 Å². The average Bonchev–Trinajstić information content (AvgIpc) is 2.79. The zero-order chi connectivity index (χ0) is 12.9. The summed E-state index contributed by atoms with van der Waals surface area (Å²) in [7, 11) is 0.275. The highest BCUT2D eigenvalue weighted by molar-refractivity contribution is 7.78. The lowest BCUT2D eigenvalue weighted by Gasteiger charge is -2.24. The monoisotopic (exact) mass is 278 g/mol. The Bertz CT molecular complexity index is 424. The van der Waals surface area contributed by atoms with Crippen molar-refractivity contribution in [2.24, 2.45) is 0 Å². The van der Waals surface area contributed by atoms with Gasteiger partial charge in [-0.1, -0.05) is 67.8 Å². The summed E-state index contributed by atoms with van der Waals surface area (Å²) in [6, 6.07) is 9.44. The Morgan fingerprint density at radius 1 is 0.778 bits per heavy atom. The van der Waals surface area contributed by atoms with Crippen molar-refractivity contribution in [1.29, 1.82) is 0 Å². The van der Waals surface area contributed by atoms with Crippen LogP contribution in [0.2, 0.25) is 0 Å². The first-order chi connectivity index (χ1) is 8.61. The second-order valence-electron chi connectivity index (χ2n) is 6.06. The molecule has 0 N–H and O–H groups in total. The summed E-state index contributed by atoms with van der Waals surface area (Å²) in [6.45, 7) is 9.86. The van der Waals surface area contributed by atoms with E-state index in [1.807, 2.05) is 0 Å². The molecule has 2 saturated heterocycles. The van der Waals surface area contributed by atoms with E-state index < -0.39 is 0 Å². The molecule has 98 valence electrons. The molecule has 3 rings (SSSR count). The van der Waals surface area contributed by atoms with E-state index in [2.05, 4.69) is 52.0 Å². The third-order valence-electron chi connectivity index (χ3n) is 4.88. The molecule has 2 aliphatic heterocycles. The first kappa shape index (κ1) is 13.1. The molecule has 18 heavy (non-hydrogen) atoms. The number of hydrogen-bond donors (Lipinski definition) is 0. The molecule has 1 aromatic rings. The third kappa shape index (κ3) is 2.07. The van der Waals surface area contributed by atoms with E-state index in [9.17, 15) is 0 Å². The van der Waals surface area contributed by atoms with Gasteiger partial charge in [0.15, 0.2) is 0 Å². The molecule has 2 fully saturated rings. The van der Waals surface area contributed by atoms with Crippen molar-refractivity contribution >= 4 is 26.5 Å². The highest BCUT2D eigenvalue weighted by Crippen LogP contribution is 2.66. The second-order valence-corrected chi connectivity index (χ2v) is 12.0. The Hall–Kier alpha value is 0.0800. The van der Waals surface area contributed by atoms with Crippen molar-refractivity contribution in [1.82, 2.24) is 0 Å². The van der Waals surface area contributed by atoms with Gasteiger partial charge in [0.05, 0.1) is 0 Å². The summed E-state index contributed by atoms with van der Waals surface area (Å²) in [5, 5.41) is 3.53. The molecule has 0 radical (unpaired) electrons. The highest BCUT2D eigenvalue weighted by atomic mass is 31.1. The van der Waals surface area contributed by atoms with E-state index in [1.54, 1.807) is 10.6 Å². The predicted octanol–water partition coefficient (Wildman–Crippen LogP) is 4.26. The lowest BCUT2D eigenvalue weighted by atomic mass is 10.2. The molecule has 0 bridgehead atoms. The minimum Gasteiger partial charge on any atom is -0.0688 e. The van der Waals surface area contributed by atoms with Crippen LogP contribution in [0.25, 0.3) is 0 Å². The maximum atomic E-state index is 2.49. The van der Waals surface area contributed by atoms with Gasteiger partial charge >= 0.3 is 0 Å². The van der Waals surface area contributed by atoms with E-state index in [0.717, 1.165) is 22.6 Å². The molecule has 0 aromatic heterocycles. The highest BCUT2D eigenvalue weighted by Gasteiger charge is 2.45. The van der Waals surface area contributed by atoms with Gasteiger partial charge in [-0.15, -0.1) is 0 Å². The molecule has 1 aromatic carbocycles. The zero-order valence-corrected chi connectivity index (χ0v) is 13.7. The molecule has 0 saturated carbocycles. The van der Waals surface area contributed by atoms with Crippen LogP contribution >= 0.6 is 15.8 Å². The number of benzene rings is 1. The summed E-state index contributed by atoms with van der Waals surface area (Å²) >= 11 is 0. The van der Waals surface area contributed by atoms with Crippen LogP contribution in [0.5, 0.6) is 0 Å². The topological polar surface area (TPSA) is 0 Å². The Morgan fingerprint density at radius 2 is 1.22 bits per heavy atom. The summed E-state index contributed by atoms with van der Waals surface area (Å²) in [5.41, 5.74) is 3.81. The lowest BCUT2D eigenvalue weighted by Crippen LogP contribution is -2.24. The molecule has 0 nitrogen and oxygen atoms in total. The molecule has 4 atom stereocenters. The molecular weight excluding hydrogens is 254 g/mol. The summed E-state index contributed by atoms with van der Waals surface area (Å²) in [4.78, 5) is 0. The molecule has 0 aliphatic carbocycles. The van der Waals surface area contributed by atoms with Gasteiger partial charge in [-0.05, 0) is 46.1 Å².